The maximum atomic E-state index is 13.4. The predicted molar refractivity (Wildman–Crippen MR) is 91.8 cm³/mol. The average molecular weight is 342 g/mol. The number of aromatic nitrogens is 3. The lowest BCUT2D eigenvalue weighted by atomic mass is 9.93. The van der Waals surface area contributed by atoms with E-state index in [1.165, 1.54) is 6.07 Å². The molecule has 1 aromatic carbocycles. The quantitative estimate of drug-likeness (QED) is 0.933. The summed E-state index contributed by atoms with van der Waals surface area (Å²) in [7, 11) is 0. The van der Waals surface area contributed by atoms with Crippen molar-refractivity contribution in [1.29, 1.82) is 0 Å². The van der Waals surface area contributed by atoms with Crippen molar-refractivity contribution in [3.05, 3.63) is 46.8 Å². The minimum atomic E-state index is -0.217. The summed E-state index contributed by atoms with van der Waals surface area (Å²) in [5, 5.41) is 7.30. The van der Waals surface area contributed by atoms with Crippen LogP contribution in [0.5, 0.6) is 0 Å². The van der Waals surface area contributed by atoms with Crippen molar-refractivity contribution in [3.8, 4) is 0 Å². The summed E-state index contributed by atoms with van der Waals surface area (Å²) in [6.45, 7) is 3.54. The van der Waals surface area contributed by atoms with Gasteiger partial charge in [0.2, 0.25) is 5.91 Å². The van der Waals surface area contributed by atoms with Crippen LogP contribution in [0, 0.1) is 5.82 Å². The van der Waals surface area contributed by atoms with Gasteiger partial charge in [-0.05, 0) is 48.9 Å². The summed E-state index contributed by atoms with van der Waals surface area (Å²) in [6, 6.07) is 4.82. The smallest absolute Gasteiger partial charge is 0.230 e. The van der Waals surface area contributed by atoms with Crippen LogP contribution >= 0.6 is 0 Å². The molecule has 6 heteroatoms. The molecule has 0 bridgehead atoms. The zero-order valence-electron chi connectivity index (χ0n) is 14.5. The van der Waals surface area contributed by atoms with Gasteiger partial charge in [0, 0.05) is 25.4 Å². The van der Waals surface area contributed by atoms with Gasteiger partial charge >= 0.3 is 0 Å². The third-order valence-corrected chi connectivity index (χ3v) is 5.54. The third-order valence-electron chi connectivity index (χ3n) is 5.54. The molecule has 1 saturated heterocycles. The summed E-state index contributed by atoms with van der Waals surface area (Å²) in [5.41, 5.74) is 2.00. The highest BCUT2D eigenvalue weighted by Gasteiger charge is 2.34. The Morgan fingerprint density at radius 3 is 2.84 bits per heavy atom. The number of aryl methyl sites for hydroxylation is 2. The van der Waals surface area contributed by atoms with Crippen LogP contribution in [0.1, 0.15) is 60.8 Å². The second-order valence-corrected chi connectivity index (χ2v) is 7.03. The maximum Gasteiger partial charge on any atom is 0.230 e. The van der Waals surface area contributed by atoms with Gasteiger partial charge in [0.15, 0.2) is 5.82 Å². The Hall–Kier alpha value is -2.24. The van der Waals surface area contributed by atoms with Gasteiger partial charge in [0.1, 0.15) is 11.6 Å². The molecule has 1 fully saturated rings. The predicted octanol–water partition coefficient (Wildman–Crippen LogP) is 2.94. The van der Waals surface area contributed by atoms with E-state index >= 15 is 0 Å². The number of aromatic amines is 1. The minimum Gasteiger partial charge on any atom is -0.342 e. The van der Waals surface area contributed by atoms with Crippen molar-refractivity contribution < 1.29 is 9.18 Å². The summed E-state index contributed by atoms with van der Waals surface area (Å²) in [6.07, 6.45) is 4.23. The summed E-state index contributed by atoms with van der Waals surface area (Å²) in [5.74, 6) is 1.99. The first-order chi connectivity index (χ1) is 12.2. The molecular formula is C19H23FN4O. The minimum absolute atomic E-state index is 0.109. The van der Waals surface area contributed by atoms with E-state index < -0.39 is 0 Å². The lowest BCUT2D eigenvalue weighted by Crippen LogP contribution is -2.40. The zero-order chi connectivity index (χ0) is 17.4. The molecule has 1 aliphatic heterocycles. The molecule has 5 nitrogen and oxygen atoms in total. The van der Waals surface area contributed by atoms with E-state index in [1.54, 1.807) is 12.1 Å². The first-order valence-electron chi connectivity index (χ1n) is 9.14. The van der Waals surface area contributed by atoms with Gasteiger partial charge in [-0.2, -0.15) is 5.10 Å². The number of nitrogens with zero attached hydrogens (tertiary/aromatic N) is 3. The molecule has 0 radical (unpaired) electrons. The van der Waals surface area contributed by atoms with E-state index in [4.69, 9.17) is 0 Å². The van der Waals surface area contributed by atoms with Crippen molar-refractivity contribution in [3.63, 3.8) is 0 Å². The molecule has 25 heavy (non-hydrogen) atoms. The Kier molecular flexibility index (Phi) is 4.27. The molecule has 2 heterocycles. The standard InChI is InChI=1S/C19H23FN4O/c1-2-17-21-18(23-22-17)12-7-9-24(10-8-12)19(25)16-5-3-13-11-14(20)4-6-15(13)16/h4,6,11-12,16H,2-3,5,7-10H2,1H3,(H,21,22,23). The van der Waals surface area contributed by atoms with Gasteiger partial charge in [0.25, 0.3) is 0 Å². The molecule has 2 aliphatic rings. The van der Waals surface area contributed by atoms with E-state index in [9.17, 15) is 9.18 Å². The number of piperidine rings is 1. The molecular weight excluding hydrogens is 319 g/mol. The lowest BCUT2D eigenvalue weighted by molar-refractivity contribution is -0.133. The van der Waals surface area contributed by atoms with Crippen LogP contribution in [-0.2, 0) is 17.6 Å². The number of fused-ring (bicyclic) bond motifs is 1. The normalized spacial score (nSPS) is 20.7. The van der Waals surface area contributed by atoms with Crippen molar-refractivity contribution in [2.45, 2.75) is 50.9 Å². The number of nitrogens with one attached hydrogen (secondary N) is 1. The van der Waals surface area contributed by atoms with Crippen LogP contribution in [0.4, 0.5) is 4.39 Å². The fourth-order valence-corrected chi connectivity index (χ4v) is 4.07. The number of H-pyrrole nitrogens is 1. The fourth-order valence-electron chi connectivity index (χ4n) is 4.07. The van der Waals surface area contributed by atoms with E-state index in [0.717, 1.165) is 68.0 Å². The van der Waals surface area contributed by atoms with E-state index in [-0.39, 0.29) is 17.6 Å². The number of amides is 1. The Balaban J connectivity index is 1.41. The largest absolute Gasteiger partial charge is 0.342 e. The van der Waals surface area contributed by atoms with Crippen LogP contribution in [0.2, 0.25) is 0 Å². The van der Waals surface area contributed by atoms with Crippen LogP contribution in [-0.4, -0.2) is 39.1 Å². The van der Waals surface area contributed by atoms with E-state index in [2.05, 4.69) is 22.1 Å². The average Bonchev–Trinajstić information content (AvgIpc) is 3.28. The molecule has 1 N–H and O–H groups in total. The molecule has 1 aliphatic carbocycles. The Bertz CT molecular complexity index is 779. The van der Waals surface area contributed by atoms with Crippen molar-refractivity contribution >= 4 is 5.91 Å². The van der Waals surface area contributed by atoms with Crippen LogP contribution in [0.15, 0.2) is 18.2 Å². The molecule has 1 unspecified atom stereocenters. The highest BCUT2D eigenvalue weighted by molar-refractivity contribution is 5.85. The fraction of sp³-hybridized carbons (Fsp3) is 0.526. The number of benzene rings is 1. The molecule has 1 amide bonds. The highest BCUT2D eigenvalue weighted by atomic mass is 19.1. The summed E-state index contributed by atoms with van der Waals surface area (Å²) in [4.78, 5) is 19.4. The summed E-state index contributed by atoms with van der Waals surface area (Å²) < 4.78 is 13.4. The number of hydrogen-bond acceptors (Lipinski definition) is 3. The monoisotopic (exact) mass is 342 g/mol. The third kappa shape index (κ3) is 3.05. The zero-order valence-corrected chi connectivity index (χ0v) is 14.5. The van der Waals surface area contributed by atoms with Gasteiger partial charge in [-0.1, -0.05) is 13.0 Å². The van der Waals surface area contributed by atoms with Gasteiger partial charge in [-0.3, -0.25) is 9.89 Å². The molecule has 4 rings (SSSR count). The van der Waals surface area contributed by atoms with E-state index in [1.807, 2.05) is 4.90 Å². The number of halogens is 1. The van der Waals surface area contributed by atoms with Gasteiger partial charge in [-0.25, -0.2) is 9.37 Å². The van der Waals surface area contributed by atoms with Crippen molar-refractivity contribution in [2.24, 2.45) is 0 Å². The topological polar surface area (TPSA) is 61.9 Å². The lowest BCUT2D eigenvalue weighted by Gasteiger charge is -2.32. The Labute approximate surface area is 146 Å². The molecule has 0 saturated carbocycles. The van der Waals surface area contributed by atoms with Gasteiger partial charge < -0.3 is 4.90 Å². The SMILES string of the molecule is CCc1nc(C2CCN(C(=O)C3CCc4cc(F)ccc43)CC2)n[nH]1. The molecule has 1 aromatic heterocycles. The van der Waals surface area contributed by atoms with Gasteiger partial charge in [0.05, 0.1) is 5.92 Å². The van der Waals surface area contributed by atoms with Crippen molar-refractivity contribution in [1.82, 2.24) is 20.1 Å². The maximum absolute atomic E-state index is 13.4. The van der Waals surface area contributed by atoms with Gasteiger partial charge in [-0.15, -0.1) is 0 Å². The Morgan fingerprint density at radius 2 is 2.12 bits per heavy atom. The Morgan fingerprint density at radius 1 is 1.32 bits per heavy atom. The molecule has 1 atom stereocenters. The number of carbonyl (C=O) groups is 1. The summed E-state index contributed by atoms with van der Waals surface area (Å²) >= 11 is 0. The first kappa shape index (κ1) is 16.2. The second kappa shape index (κ2) is 6.58. The van der Waals surface area contributed by atoms with Crippen LogP contribution < -0.4 is 0 Å². The van der Waals surface area contributed by atoms with Crippen LogP contribution in [0.25, 0.3) is 0 Å². The molecule has 132 valence electrons. The number of likely N-dealkylation sites (tertiary alicyclic amines) is 1. The number of carbonyl (C=O) groups excluding carboxylic acids is 1. The molecule has 2 aromatic rings. The van der Waals surface area contributed by atoms with Crippen molar-refractivity contribution in [2.75, 3.05) is 13.1 Å². The van der Waals surface area contributed by atoms with E-state index in [0.29, 0.717) is 5.92 Å². The van der Waals surface area contributed by atoms with Crippen LogP contribution in [0.3, 0.4) is 0 Å². The first-order valence-corrected chi connectivity index (χ1v) is 9.14. The second-order valence-electron chi connectivity index (χ2n) is 7.03. The number of rotatable bonds is 3. The highest BCUT2D eigenvalue weighted by Crippen LogP contribution is 2.36. The number of hydrogen-bond donors (Lipinski definition) is 1. The molecule has 0 spiro atoms.